The molecular weight excluding hydrogens is 328 g/mol. The molecule has 8 heteroatoms. The number of fused-ring (bicyclic) bond motifs is 1. The van der Waals surface area contributed by atoms with Crippen molar-refractivity contribution < 1.29 is 14.6 Å². The maximum absolute atomic E-state index is 12.9. The van der Waals surface area contributed by atoms with E-state index in [0.717, 1.165) is 15.8 Å². The van der Waals surface area contributed by atoms with Crippen molar-refractivity contribution in [3.8, 4) is 0 Å². The number of nitrogens with one attached hydrogen (secondary N) is 1. The number of carbonyl (C=O) groups is 1. The quantitative estimate of drug-likeness (QED) is 0.706. The fourth-order valence-electron chi connectivity index (χ4n) is 2.51. The lowest BCUT2D eigenvalue weighted by molar-refractivity contribution is 0.0670. The van der Waals surface area contributed by atoms with Crippen molar-refractivity contribution in [2.24, 2.45) is 0 Å². The number of hydrogen-bond acceptors (Lipinski definition) is 7. The third-order valence-corrected chi connectivity index (χ3v) is 4.93. The molecule has 0 aliphatic carbocycles. The SMILES string of the molecule is COCCNc1ncnc2sc(C(=O)N(CCO)C(C)C)c(C)c12. The van der Waals surface area contributed by atoms with E-state index in [2.05, 4.69) is 15.3 Å². The van der Waals surface area contributed by atoms with Gasteiger partial charge >= 0.3 is 0 Å². The van der Waals surface area contributed by atoms with E-state index in [-0.39, 0.29) is 18.6 Å². The van der Waals surface area contributed by atoms with Gasteiger partial charge in [-0.15, -0.1) is 11.3 Å². The highest BCUT2D eigenvalue weighted by Crippen LogP contribution is 2.34. The lowest BCUT2D eigenvalue weighted by atomic mass is 10.1. The molecule has 0 unspecified atom stereocenters. The summed E-state index contributed by atoms with van der Waals surface area (Å²) in [5, 5.41) is 13.3. The standard InChI is InChI=1S/C16H24N4O3S/c1-10(2)20(6-7-21)16(22)13-11(3)12-14(17-5-8-23-4)18-9-19-15(12)24-13/h9-10,21H,5-8H2,1-4H3,(H,17,18,19). The van der Waals surface area contributed by atoms with Crippen LogP contribution < -0.4 is 5.32 Å². The molecule has 1 amide bonds. The van der Waals surface area contributed by atoms with E-state index in [9.17, 15) is 9.90 Å². The van der Waals surface area contributed by atoms with E-state index in [1.165, 1.54) is 17.7 Å². The monoisotopic (exact) mass is 352 g/mol. The number of methoxy groups -OCH3 is 1. The van der Waals surface area contributed by atoms with Gasteiger partial charge in [0.25, 0.3) is 5.91 Å². The maximum atomic E-state index is 12.9. The molecule has 0 saturated heterocycles. The summed E-state index contributed by atoms with van der Waals surface area (Å²) < 4.78 is 5.05. The van der Waals surface area contributed by atoms with Crippen molar-refractivity contribution in [1.82, 2.24) is 14.9 Å². The first kappa shape index (κ1) is 18.6. The molecule has 0 aromatic carbocycles. The highest BCUT2D eigenvalue weighted by molar-refractivity contribution is 7.20. The zero-order valence-electron chi connectivity index (χ0n) is 14.5. The second-order valence-corrected chi connectivity index (χ2v) is 6.69. The van der Waals surface area contributed by atoms with Crippen LogP contribution in [-0.2, 0) is 4.74 Å². The van der Waals surface area contributed by atoms with E-state index in [1.807, 2.05) is 20.8 Å². The summed E-state index contributed by atoms with van der Waals surface area (Å²) >= 11 is 1.36. The summed E-state index contributed by atoms with van der Waals surface area (Å²) in [5.41, 5.74) is 0.865. The Labute approximate surface area is 145 Å². The second-order valence-electron chi connectivity index (χ2n) is 5.69. The van der Waals surface area contributed by atoms with E-state index in [4.69, 9.17) is 4.74 Å². The molecule has 0 aliphatic heterocycles. The highest BCUT2D eigenvalue weighted by Gasteiger charge is 2.24. The average Bonchev–Trinajstić information content (AvgIpc) is 2.90. The molecule has 2 rings (SSSR count). The number of rotatable bonds is 8. The number of hydrogen-bond donors (Lipinski definition) is 2. The first-order chi connectivity index (χ1) is 11.5. The number of ether oxygens (including phenoxy) is 1. The van der Waals surface area contributed by atoms with Gasteiger partial charge in [0.15, 0.2) is 0 Å². The molecule has 7 nitrogen and oxygen atoms in total. The summed E-state index contributed by atoms with van der Waals surface area (Å²) in [6.45, 7) is 7.24. The zero-order chi connectivity index (χ0) is 17.7. The summed E-state index contributed by atoms with van der Waals surface area (Å²) in [4.78, 5) is 24.6. The Bertz CT molecular complexity index is 702. The molecular formula is C16H24N4O3S. The minimum Gasteiger partial charge on any atom is -0.395 e. The van der Waals surface area contributed by atoms with Gasteiger partial charge in [0, 0.05) is 26.2 Å². The number of nitrogens with zero attached hydrogens (tertiary/aromatic N) is 3. The minimum atomic E-state index is -0.0811. The predicted molar refractivity (Wildman–Crippen MR) is 95.8 cm³/mol. The lowest BCUT2D eigenvalue weighted by Gasteiger charge is -2.25. The smallest absolute Gasteiger partial charge is 0.264 e. The number of aryl methyl sites for hydroxylation is 1. The van der Waals surface area contributed by atoms with Crippen LogP contribution in [0.2, 0.25) is 0 Å². The van der Waals surface area contributed by atoms with Crippen LogP contribution in [-0.4, -0.2) is 65.3 Å². The zero-order valence-corrected chi connectivity index (χ0v) is 15.3. The van der Waals surface area contributed by atoms with Gasteiger partial charge in [0.1, 0.15) is 17.0 Å². The molecule has 0 bridgehead atoms. The van der Waals surface area contributed by atoms with Crippen LogP contribution in [0.3, 0.4) is 0 Å². The summed E-state index contributed by atoms with van der Waals surface area (Å²) in [6, 6.07) is 0.0136. The van der Waals surface area contributed by atoms with Crippen molar-refractivity contribution in [3.63, 3.8) is 0 Å². The van der Waals surface area contributed by atoms with Gasteiger partial charge in [-0.3, -0.25) is 4.79 Å². The first-order valence-corrected chi connectivity index (χ1v) is 8.71. The van der Waals surface area contributed by atoms with Gasteiger partial charge in [-0.05, 0) is 26.3 Å². The highest BCUT2D eigenvalue weighted by atomic mass is 32.1. The lowest BCUT2D eigenvalue weighted by Crippen LogP contribution is -2.38. The number of amides is 1. The maximum Gasteiger partial charge on any atom is 0.264 e. The largest absolute Gasteiger partial charge is 0.395 e. The van der Waals surface area contributed by atoms with Crippen molar-refractivity contribution >= 4 is 33.3 Å². The molecule has 0 aliphatic rings. The molecule has 0 saturated carbocycles. The number of aromatic nitrogens is 2. The molecule has 2 aromatic rings. The average molecular weight is 352 g/mol. The number of aliphatic hydroxyl groups excluding tert-OH is 1. The summed E-state index contributed by atoms with van der Waals surface area (Å²) in [5.74, 6) is 0.630. The number of anilines is 1. The van der Waals surface area contributed by atoms with E-state index in [1.54, 1.807) is 12.0 Å². The predicted octanol–water partition coefficient (Wildman–Crippen LogP) is 1.90. The van der Waals surface area contributed by atoms with Crippen LogP contribution in [0.1, 0.15) is 29.1 Å². The molecule has 0 radical (unpaired) electrons. The van der Waals surface area contributed by atoms with Crippen LogP contribution in [0, 0.1) is 6.92 Å². The fraction of sp³-hybridized carbons (Fsp3) is 0.562. The molecule has 0 fully saturated rings. The van der Waals surface area contributed by atoms with Crippen LogP contribution in [0.4, 0.5) is 5.82 Å². The second kappa shape index (κ2) is 8.36. The van der Waals surface area contributed by atoms with Crippen LogP contribution >= 0.6 is 11.3 Å². The number of carbonyl (C=O) groups excluding carboxylic acids is 1. The third kappa shape index (κ3) is 3.82. The Morgan fingerprint density at radius 3 is 2.83 bits per heavy atom. The van der Waals surface area contributed by atoms with Crippen molar-refractivity contribution in [3.05, 3.63) is 16.8 Å². The molecule has 24 heavy (non-hydrogen) atoms. The van der Waals surface area contributed by atoms with E-state index in [0.29, 0.717) is 30.4 Å². The van der Waals surface area contributed by atoms with Crippen molar-refractivity contribution in [2.75, 3.05) is 38.7 Å². The molecule has 0 spiro atoms. The topological polar surface area (TPSA) is 87.6 Å². The third-order valence-electron chi connectivity index (χ3n) is 3.74. The Morgan fingerprint density at radius 2 is 2.21 bits per heavy atom. The Kier molecular flexibility index (Phi) is 6.47. The van der Waals surface area contributed by atoms with Gasteiger partial charge < -0.3 is 20.1 Å². The van der Waals surface area contributed by atoms with Gasteiger partial charge in [-0.1, -0.05) is 0 Å². The van der Waals surface area contributed by atoms with Crippen LogP contribution in [0.15, 0.2) is 6.33 Å². The molecule has 2 aromatic heterocycles. The Morgan fingerprint density at radius 1 is 1.46 bits per heavy atom. The van der Waals surface area contributed by atoms with Gasteiger partial charge in [-0.25, -0.2) is 9.97 Å². The Hall–Kier alpha value is -1.77. The molecule has 2 heterocycles. The minimum absolute atomic E-state index is 0.0136. The molecule has 0 atom stereocenters. The van der Waals surface area contributed by atoms with Crippen LogP contribution in [0.5, 0.6) is 0 Å². The molecule has 132 valence electrons. The molecule has 2 N–H and O–H groups in total. The fourth-order valence-corrected chi connectivity index (χ4v) is 3.62. The normalized spacial score (nSPS) is 11.2. The first-order valence-electron chi connectivity index (χ1n) is 7.90. The number of thiophene rings is 1. The Balaban J connectivity index is 2.40. The van der Waals surface area contributed by atoms with Gasteiger partial charge in [0.2, 0.25) is 0 Å². The van der Waals surface area contributed by atoms with E-state index >= 15 is 0 Å². The summed E-state index contributed by atoms with van der Waals surface area (Å²) in [6.07, 6.45) is 1.50. The van der Waals surface area contributed by atoms with Crippen LogP contribution in [0.25, 0.3) is 10.2 Å². The van der Waals surface area contributed by atoms with Crippen molar-refractivity contribution in [1.29, 1.82) is 0 Å². The van der Waals surface area contributed by atoms with Gasteiger partial charge in [-0.2, -0.15) is 0 Å². The number of aliphatic hydroxyl groups is 1. The summed E-state index contributed by atoms with van der Waals surface area (Å²) in [7, 11) is 1.64. The van der Waals surface area contributed by atoms with Gasteiger partial charge in [0.05, 0.1) is 23.5 Å². The van der Waals surface area contributed by atoms with Crippen molar-refractivity contribution in [2.45, 2.75) is 26.8 Å². The van der Waals surface area contributed by atoms with E-state index < -0.39 is 0 Å².